The van der Waals surface area contributed by atoms with Crippen molar-refractivity contribution in [3.63, 3.8) is 0 Å². The topological polar surface area (TPSA) is 64.6 Å². The fraction of sp³-hybridized carbons (Fsp3) is 0.364. The van der Waals surface area contributed by atoms with Crippen LogP contribution in [0.1, 0.15) is 36.0 Å². The number of hydrogen-bond donors (Lipinski definition) is 1. The summed E-state index contributed by atoms with van der Waals surface area (Å²) in [5.41, 5.74) is -0.00170. The molecule has 0 unspecified atom stereocenters. The molecule has 158 valence electrons. The van der Waals surface area contributed by atoms with E-state index in [1.807, 2.05) is 0 Å². The predicted molar refractivity (Wildman–Crippen MR) is 106 cm³/mol. The molecule has 0 aliphatic heterocycles. The summed E-state index contributed by atoms with van der Waals surface area (Å²) in [6.45, 7) is -0.232. The molecule has 3 aliphatic rings. The predicted octanol–water partition coefficient (Wildman–Crippen LogP) is 4.32. The molecule has 0 spiro atoms. The van der Waals surface area contributed by atoms with E-state index in [1.165, 1.54) is 37.4 Å². The third kappa shape index (κ3) is 3.86. The Bertz CT molecular complexity index is 1010. The lowest BCUT2D eigenvalue weighted by atomic mass is 9.38. The van der Waals surface area contributed by atoms with Gasteiger partial charge in [-0.3, -0.25) is 9.59 Å². The first kappa shape index (κ1) is 20.6. The maximum Gasteiger partial charge on any atom is 0.258 e. The zero-order chi connectivity index (χ0) is 21.5. The normalized spacial score (nSPS) is 23.7. The van der Waals surface area contributed by atoms with Gasteiger partial charge < -0.3 is 14.8 Å². The van der Waals surface area contributed by atoms with Crippen molar-refractivity contribution in [3.05, 3.63) is 58.6 Å². The number of benzene rings is 2. The highest BCUT2D eigenvalue weighted by molar-refractivity contribution is 6.30. The minimum Gasteiger partial charge on any atom is -0.494 e. The molecule has 2 aromatic carbocycles. The lowest BCUT2D eigenvalue weighted by Gasteiger charge is -2.70. The van der Waals surface area contributed by atoms with E-state index in [0.717, 1.165) is 6.07 Å². The summed E-state index contributed by atoms with van der Waals surface area (Å²) in [4.78, 5) is 24.7. The van der Waals surface area contributed by atoms with E-state index in [-0.39, 0.29) is 45.8 Å². The number of carbonyl (C=O) groups excluding carboxylic acids is 2. The van der Waals surface area contributed by atoms with Crippen LogP contribution in [0.2, 0.25) is 5.02 Å². The Kier molecular flexibility index (Phi) is 5.18. The lowest BCUT2D eigenvalue weighted by Crippen LogP contribution is -2.75. The summed E-state index contributed by atoms with van der Waals surface area (Å²) >= 11 is 5.62. The molecule has 0 atom stereocenters. The number of hydrogen-bond acceptors (Lipinski definition) is 4. The fourth-order valence-corrected chi connectivity index (χ4v) is 4.76. The highest BCUT2D eigenvalue weighted by Gasteiger charge is 2.68. The fourth-order valence-electron chi connectivity index (χ4n) is 4.64. The molecule has 8 heteroatoms. The summed E-state index contributed by atoms with van der Waals surface area (Å²) in [5, 5.41) is 2.94. The van der Waals surface area contributed by atoms with Gasteiger partial charge >= 0.3 is 0 Å². The molecule has 1 amide bonds. The Morgan fingerprint density at radius 2 is 1.83 bits per heavy atom. The highest BCUT2D eigenvalue weighted by atomic mass is 35.5. The van der Waals surface area contributed by atoms with Crippen molar-refractivity contribution >= 4 is 23.3 Å². The summed E-state index contributed by atoms with van der Waals surface area (Å²) in [5.74, 6) is -1.22. The van der Waals surface area contributed by atoms with Crippen LogP contribution in [0.15, 0.2) is 36.4 Å². The van der Waals surface area contributed by atoms with Gasteiger partial charge in [0, 0.05) is 23.6 Å². The van der Waals surface area contributed by atoms with Crippen molar-refractivity contribution in [2.75, 3.05) is 13.7 Å². The van der Waals surface area contributed by atoms with Gasteiger partial charge in [0.25, 0.3) is 5.91 Å². The maximum absolute atomic E-state index is 13.5. The monoisotopic (exact) mass is 435 g/mol. The van der Waals surface area contributed by atoms with Gasteiger partial charge in [0.15, 0.2) is 24.0 Å². The van der Waals surface area contributed by atoms with Crippen LogP contribution in [0.5, 0.6) is 11.5 Å². The van der Waals surface area contributed by atoms with Crippen LogP contribution in [0, 0.1) is 17.0 Å². The molecule has 5 nitrogen and oxygen atoms in total. The average molecular weight is 436 g/mol. The van der Waals surface area contributed by atoms with Crippen LogP contribution in [-0.4, -0.2) is 30.9 Å². The van der Waals surface area contributed by atoms with E-state index < -0.39 is 11.6 Å². The number of methoxy groups -OCH3 is 1. The largest absolute Gasteiger partial charge is 0.494 e. The smallest absolute Gasteiger partial charge is 0.258 e. The van der Waals surface area contributed by atoms with Gasteiger partial charge in [-0.15, -0.1) is 0 Å². The molecule has 3 aliphatic carbocycles. The zero-order valence-corrected chi connectivity index (χ0v) is 17.0. The summed E-state index contributed by atoms with van der Waals surface area (Å²) in [6, 6.07) is 8.08. The Hall–Kier alpha value is -2.67. The molecule has 3 fully saturated rings. The Morgan fingerprint density at radius 1 is 1.10 bits per heavy atom. The minimum absolute atomic E-state index is 0.0143. The van der Waals surface area contributed by atoms with Crippen molar-refractivity contribution in [3.8, 4) is 11.5 Å². The third-order valence-electron chi connectivity index (χ3n) is 5.81. The number of ketones is 1. The number of halogens is 3. The SMILES string of the molecule is COc1cc(C(=O)CC23CC(NC(=O)COc4ccc(Cl)c(F)c4)(C2)C3)ccc1F. The van der Waals surface area contributed by atoms with Crippen molar-refractivity contribution in [1.82, 2.24) is 5.32 Å². The van der Waals surface area contributed by atoms with Gasteiger partial charge in [-0.25, -0.2) is 8.78 Å². The molecule has 2 aromatic rings. The second-order valence-corrected chi connectivity index (χ2v) is 8.58. The number of rotatable bonds is 8. The van der Waals surface area contributed by atoms with Crippen LogP contribution in [0.3, 0.4) is 0 Å². The van der Waals surface area contributed by atoms with Crippen LogP contribution in [0.4, 0.5) is 8.78 Å². The second kappa shape index (κ2) is 7.54. The van der Waals surface area contributed by atoms with Gasteiger partial charge in [0.05, 0.1) is 12.1 Å². The van der Waals surface area contributed by atoms with Gasteiger partial charge in [0.1, 0.15) is 11.6 Å². The lowest BCUT2D eigenvalue weighted by molar-refractivity contribution is -0.164. The van der Waals surface area contributed by atoms with Crippen LogP contribution in [-0.2, 0) is 4.79 Å². The molecule has 3 saturated carbocycles. The number of amides is 1. The summed E-state index contributed by atoms with van der Waals surface area (Å²) < 4.78 is 37.2. The number of Topliss-reactive ketones (excluding diaryl/α,β-unsaturated/α-hetero) is 1. The van der Waals surface area contributed by atoms with E-state index in [1.54, 1.807) is 0 Å². The molecule has 0 heterocycles. The molecule has 5 rings (SSSR count). The van der Waals surface area contributed by atoms with Crippen LogP contribution < -0.4 is 14.8 Å². The molecule has 30 heavy (non-hydrogen) atoms. The summed E-state index contributed by atoms with van der Waals surface area (Å²) in [6.07, 6.45) is 2.49. The molecule has 1 N–H and O–H groups in total. The number of ether oxygens (including phenoxy) is 2. The molecular formula is C22H20ClF2NO4. The zero-order valence-electron chi connectivity index (χ0n) is 16.3. The first-order valence-corrected chi connectivity index (χ1v) is 9.87. The van der Waals surface area contributed by atoms with E-state index in [0.29, 0.717) is 31.2 Å². The Balaban J connectivity index is 1.25. The van der Waals surface area contributed by atoms with Gasteiger partial charge in [-0.2, -0.15) is 0 Å². The van der Waals surface area contributed by atoms with Gasteiger partial charge in [0.2, 0.25) is 0 Å². The Morgan fingerprint density at radius 3 is 2.50 bits per heavy atom. The van der Waals surface area contributed by atoms with E-state index in [4.69, 9.17) is 21.1 Å². The number of carbonyl (C=O) groups is 2. The maximum atomic E-state index is 13.5. The van der Waals surface area contributed by atoms with Gasteiger partial charge in [-0.05, 0) is 55.0 Å². The van der Waals surface area contributed by atoms with Crippen LogP contribution >= 0.6 is 11.6 Å². The average Bonchev–Trinajstić information content (AvgIpc) is 2.66. The van der Waals surface area contributed by atoms with E-state index in [9.17, 15) is 18.4 Å². The molecule has 0 saturated heterocycles. The van der Waals surface area contributed by atoms with E-state index >= 15 is 0 Å². The molecule has 0 radical (unpaired) electrons. The molecule has 2 bridgehead atoms. The minimum atomic E-state index is -0.612. The van der Waals surface area contributed by atoms with Crippen molar-refractivity contribution in [2.24, 2.45) is 5.41 Å². The van der Waals surface area contributed by atoms with E-state index in [2.05, 4.69) is 5.32 Å². The quantitative estimate of drug-likeness (QED) is 0.627. The van der Waals surface area contributed by atoms with Crippen LogP contribution in [0.25, 0.3) is 0 Å². The Labute approximate surface area is 177 Å². The van der Waals surface area contributed by atoms with Gasteiger partial charge in [-0.1, -0.05) is 11.6 Å². The number of nitrogens with one attached hydrogen (secondary N) is 1. The molecular weight excluding hydrogens is 416 g/mol. The van der Waals surface area contributed by atoms with Crippen molar-refractivity contribution in [2.45, 2.75) is 31.2 Å². The first-order valence-electron chi connectivity index (χ1n) is 9.49. The highest BCUT2D eigenvalue weighted by Crippen LogP contribution is 2.69. The summed E-state index contributed by atoms with van der Waals surface area (Å²) in [7, 11) is 1.35. The second-order valence-electron chi connectivity index (χ2n) is 8.17. The molecule has 0 aromatic heterocycles. The third-order valence-corrected chi connectivity index (χ3v) is 6.12. The van der Waals surface area contributed by atoms with Crippen molar-refractivity contribution < 1.29 is 27.8 Å². The van der Waals surface area contributed by atoms with Crippen molar-refractivity contribution in [1.29, 1.82) is 0 Å². The standard InChI is InChI=1S/C22H20ClF2NO4/c1-29-19-6-13(2-5-16(19)24)18(27)8-21-10-22(11-21,12-21)26-20(28)9-30-14-3-4-15(23)17(25)7-14/h2-7H,8-12H2,1H3,(H,26,28). The first-order chi connectivity index (χ1) is 14.2.